The first-order valence-electron chi connectivity index (χ1n) is 8.41. The lowest BCUT2D eigenvalue weighted by Crippen LogP contribution is -2.35. The Hall–Kier alpha value is -3.49. The van der Waals surface area contributed by atoms with Crippen LogP contribution in [0, 0.1) is 0 Å². The van der Waals surface area contributed by atoms with Gasteiger partial charge in [-0.25, -0.2) is 4.68 Å². The maximum atomic E-state index is 12.1. The molecule has 0 aliphatic carbocycles. The van der Waals surface area contributed by atoms with Crippen molar-refractivity contribution < 1.29 is 14.4 Å². The van der Waals surface area contributed by atoms with E-state index in [9.17, 15) is 19.2 Å². The third kappa shape index (κ3) is 5.77. The highest BCUT2D eigenvalue weighted by Crippen LogP contribution is 2.09. The van der Waals surface area contributed by atoms with Crippen LogP contribution in [-0.2, 0) is 11.8 Å². The highest BCUT2D eigenvalue weighted by molar-refractivity contribution is 5.96. The molecular weight excluding hydrogens is 350 g/mol. The number of nitrogens with one attached hydrogen (secondary N) is 3. The topological polar surface area (TPSA) is 122 Å². The summed E-state index contributed by atoms with van der Waals surface area (Å²) >= 11 is 0. The standard InChI is InChI=1S/C18H21N5O4/c1-3-15(24)21-13-6-4-12(5-7-13)17(26)19-10-11-20-18(27)14-8-9-16(25)23(2)22-14/h4-9H,3,10-11H2,1-2H3,(H,19,26)(H,20,27)(H,21,24). The van der Waals surface area contributed by atoms with Gasteiger partial charge in [-0.15, -0.1) is 0 Å². The van der Waals surface area contributed by atoms with Gasteiger partial charge in [0.25, 0.3) is 17.4 Å². The van der Waals surface area contributed by atoms with Crippen LogP contribution >= 0.6 is 0 Å². The third-order valence-electron chi connectivity index (χ3n) is 3.64. The summed E-state index contributed by atoms with van der Waals surface area (Å²) in [7, 11) is 1.46. The Kier molecular flexibility index (Phi) is 6.81. The molecule has 1 aromatic carbocycles. The Morgan fingerprint density at radius 2 is 1.59 bits per heavy atom. The van der Waals surface area contributed by atoms with E-state index >= 15 is 0 Å². The predicted octanol–water partition coefficient (Wildman–Crippen LogP) is 0.289. The van der Waals surface area contributed by atoms with Crippen LogP contribution in [0.4, 0.5) is 5.69 Å². The Morgan fingerprint density at radius 3 is 2.19 bits per heavy atom. The molecule has 0 spiro atoms. The third-order valence-corrected chi connectivity index (χ3v) is 3.64. The van der Waals surface area contributed by atoms with Crippen molar-refractivity contribution in [2.45, 2.75) is 13.3 Å². The quantitative estimate of drug-likeness (QED) is 0.604. The second-order valence-electron chi connectivity index (χ2n) is 5.67. The fourth-order valence-corrected chi connectivity index (χ4v) is 2.12. The monoisotopic (exact) mass is 371 g/mol. The summed E-state index contributed by atoms with van der Waals surface area (Å²) in [5, 5.41) is 11.8. The first-order chi connectivity index (χ1) is 12.9. The minimum Gasteiger partial charge on any atom is -0.350 e. The van der Waals surface area contributed by atoms with E-state index < -0.39 is 5.91 Å². The summed E-state index contributed by atoms with van der Waals surface area (Å²) in [5.74, 6) is -0.829. The number of rotatable bonds is 7. The number of hydrogen-bond donors (Lipinski definition) is 3. The van der Waals surface area contributed by atoms with E-state index in [-0.39, 0.29) is 36.2 Å². The van der Waals surface area contributed by atoms with Crippen molar-refractivity contribution in [2.75, 3.05) is 18.4 Å². The summed E-state index contributed by atoms with van der Waals surface area (Å²) < 4.78 is 1.07. The average Bonchev–Trinajstić information content (AvgIpc) is 2.67. The summed E-state index contributed by atoms with van der Waals surface area (Å²) in [6, 6.07) is 9.11. The van der Waals surface area contributed by atoms with Crippen molar-refractivity contribution in [2.24, 2.45) is 7.05 Å². The second-order valence-corrected chi connectivity index (χ2v) is 5.67. The van der Waals surface area contributed by atoms with E-state index in [0.29, 0.717) is 17.7 Å². The van der Waals surface area contributed by atoms with Gasteiger partial charge in [0.05, 0.1) is 0 Å². The number of carbonyl (C=O) groups is 3. The zero-order valence-electron chi connectivity index (χ0n) is 15.1. The van der Waals surface area contributed by atoms with Crippen molar-refractivity contribution in [1.29, 1.82) is 0 Å². The molecule has 2 rings (SSSR count). The lowest BCUT2D eigenvalue weighted by Gasteiger charge is -2.08. The Bertz CT molecular complexity index is 889. The molecule has 3 N–H and O–H groups in total. The highest BCUT2D eigenvalue weighted by Gasteiger charge is 2.09. The Balaban J connectivity index is 1.78. The fourth-order valence-electron chi connectivity index (χ4n) is 2.12. The molecule has 0 aliphatic rings. The van der Waals surface area contributed by atoms with E-state index in [1.807, 2.05) is 0 Å². The molecule has 0 fully saturated rings. The molecule has 9 heteroatoms. The number of aromatic nitrogens is 2. The first kappa shape index (κ1) is 19.8. The SMILES string of the molecule is CCC(=O)Nc1ccc(C(=O)NCCNC(=O)c2ccc(=O)n(C)n2)cc1. The zero-order chi connectivity index (χ0) is 19.8. The largest absolute Gasteiger partial charge is 0.350 e. The summed E-state index contributed by atoms with van der Waals surface area (Å²) in [6.45, 7) is 2.19. The van der Waals surface area contributed by atoms with Crippen molar-refractivity contribution >= 4 is 23.4 Å². The molecule has 0 saturated heterocycles. The molecule has 0 unspecified atom stereocenters. The molecule has 27 heavy (non-hydrogen) atoms. The molecule has 0 bridgehead atoms. The maximum Gasteiger partial charge on any atom is 0.271 e. The van der Waals surface area contributed by atoms with Gasteiger partial charge in [-0.2, -0.15) is 5.10 Å². The molecule has 1 aromatic heterocycles. The van der Waals surface area contributed by atoms with E-state index in [1.54, 1.807) is 31.2 Å². The molecule has 0 radical (unpaired) electrons. The number of amides is 3. The second kappa shape index (κ2) is 9.27. The van der Waals surface area contributed by atoms with E-state index in [4.69, 9.17) is 0 Å². The number of anilines is 1. The van der Waals surface area contributed by atoms with Crippen LogP contribution in [0.2, 0.25) is 0 Å². The van der Waals surface area contributed by atoms with Crippen molar-refractivity contribution in [3.05, 3.63) is 58.0 Å². The number of aryl methyl sites for hydroxylation is 1. The minimum atomic E-state index is -0.434. The molecular formula is C18H21N5O4. The van der Waals surface area contributed by atoms with E-state index in [2.05, 4.69) is 21.0 Å². The summed E-state index contributed by atoms with van der Waals surface area (Å²) in [5.41, 5.74) is 0.873. The molecule has 3 amide bonds. The van der Waals surface area contributed by atoms with Gasteiger partial charge in [0, 0.05) is 43.9 Å². The van der Waals surface area contributed by atoms with Crippen LogP contribution in [0.1, 0.15) is 34.2 Å². The highest BCUT2D eigenvalue weighted by atomic mass is 16.2. The molecule has 2 aromatic rings. The van der Waals surface area contributed by atoms with E-state index in [1.165, 1.54) is 19.2 Å². The lowest BCUT2D eigenvalue weighted by atomic mass is 10.2. The van der Waals surface area contributed by atoms with Crippen LogP contribution in [-0.4, -0.2) is 40.6 Å². The molecule has 0 aliphatic heterocycles. The number of carbonyl (C=O) groups excluding carboxylic acids is 3. The Labute approximate surface area is 155 Å². The average molecular weight is 371 g/mol. The number of nitrogens with zero attached hydrogens (tertiary/aromatic N) is 2. The van der Waals surface area contributed by atoms with Gasteiger partial charge in [-0.3, -0.25) is 19.2 Å². The van der Waals surface area contributed by atoms with Crippen molar-refractivity contribution in [3.8, 4) is 0 Å². The van der Waals surface area contributed by atoms with Gasteiger partial charge in [0.2, 0.25) is 5.91 Å². The van der Waals surface area contributed by atoms with E-state index in [0.717, 1.165) is 4.68 Å². The normalized spacial score (nSPS) is 10.1. The van der Waals surface area contributed by atoms with Gasteiger partial charge >= 0.3 is 0 Å². The Morgan fingerprint density at radius 1 is 0.963 bits per heavy atom. The van der Waals surface area contributed by atoms with Crippen LogP contribution in [0.5, 0.6) is 0 Å². The predicted molar refractivity (Wildman–Crippen MR) is 99.5 cm³/mol. The minimum absolute atomic E-state index is 0.101. The van der Waals surface area contributed by atoms with Crippen LogP contribution in [0.25, 0.3) is 0 Å². The van der Waals surface area contributed by atoms with Gasteiger partial charge in [-0.1, -0.05) is 6.92 Å². The lowest BCUT2D eigenvalue weighted by molar-refractivity contribution is -0.115. The van der Waals surface area contributed by atoms with Crippen LogP contribution in [0.15, 0.2) is 41.2 Å². The van der Waals surface area contributed by atoms with Crippen molar-refractivity contribution in [3.63, 3.8) is 0 Å². The van der Waals surface area contributed by atoms with Crippen LogP contribution < -0.4 is 21.5 Å². The molecule has 0 atom stereocenters. The fraction of sp³-hybridized carbons (Fsp3) is 0.278. The van der Waals surface area contributed by atoms with Gasteiger partial charge in [0.1, 0.15) is 5.69 Å². The maximum absolute atomic E-state index is 12.1. The van der Waals surface area contributed by atoms with Crippen molar-refractivity contribution in [1.82, 2.24) is 20.4 Å². The number of hydrogen-bond acceptors (Lipinski definition) is 5. The molecule has 0 saturated carbocycles. The first-order valence-corrected chi connectivity index (χ1v) is 8.41. The molecule has 1 heterocycles. The molecule has 142 valence electrons. The van der Waals surface area contributed by atoms with Gasteiger partial charge in [-0.05, 0) is 30.3 Å². The number of benzene rings is 1. The van der Waals surface area contributed by atoms with Crippen LogP contribution in [0.3, 0.4) is 0 Å². The summed E-state index contributed by atoms with van der Waals surface area (Å²) in [4.78, 5) is 46.6. The molecule has 9 nitrogen and oxygen atoms in total. The summed E-state index contributed by atoms with van der Waals surface area (Å²) in [6.07, 6.45) is 0.378. The van der Waals surface area contributed by atoms with Gasteiger partial charge in [0.15, 0.2) is 0 Å². The van der Waals surface area contributed by atoms with Gasteiger partial charge < -0.3 is 16.0 Å². The zero-order valence-corrected chi connectivity index (χ0v) is 15.1. The smallest absolute Gasteiger partial charge is 0.271 e.